The Morgan fingerprint density at radius 2 is 1.95 bits per heavy atom. The van der Waals surface area contributed by atoms with Crippen LogP contribution in [0.4, 0.5) is 0 Å². The third-order valence-electron chi connectivity index (χ3n) is 3.48. The molecule has 2 rings (SSSR count). The number of benzene rings is 1. The van der Waals surface area contributed by atoms with Crippen LogP contribution in [0.15, 0.2) is 28.7 Å². The number of nitrogens with zero attached hydrogens (tertiary/aromatic N) is 1. The van der Waals surface area contributed by atoms with Crippen LogP contribution in [0.25, 0.3) is 0 Å². The molecule has 0 aromatic heterocycles. The van der Waals surface area contributed by atoms with Crippen molar-refractivity contribution in [1.82, 2.24) is 4.90 Å². The van der Waals surface area contributed by atoms with E-state index in [-0.39, 0.29) is 17.3 Å². The quantitative estimate of drug-likeness (QED) is 0.772. The molecule has 1 heterocycles. The van der Waals surface area contributed by atoms with Crippen molar-refractivity contribution >= 4 is 31.6 Å². The fourth-order valence-corrected chi connectivity index (χ4v) is 4.11. The Labute approximate surface area is 128 Å². The molecule has 0 bridgehead atoms. The van der Waals surface area contributed by atoms with Crippen molar-refractivity contribution in [3.63, 3.8) is 0 Å². The summed E-state index contributed by atoms with van der Waals surface area (Å²) >= 11 is 3.38. The SMILES string of the molecule is O=C(CCN1CCCS(=O)(=O)CC1)c1ccccc1Br. The van der Waals surface area contributed by atoms with Crippen LogP contribution >= 0.6 is 15.9 Å². The van der Waals surface area contributed by atoms with E-state index < -0.39 is 9.84 Å². The van der Waals surface area contributed by atoms with Crippen LogP contribution < -0.4 is 0 Å². The van der Waals surface area contributed by atoms with Gasteiger partial charge in [0.1, 0.15) is 0 Å². The average Bonchev–Trinajstić information content (AvgIpc) is 2.57. The molecule has 0 amide bonds. The minimum Gasteiger partial charge on any atom is -0.302 e. The first-order valence-electron chi connectivity index (χ1n) is 6.68. The maximum absolute atomic E-state index is 12.1. The highest BCUT2D eigenvalue weighted by atomic mass is 79.9. The van der Waals surface area contributed by atoms with Gasteiger partial charge in [-0.25, -0.2) is 8.42 Å². The van der Waals surface area contributed by atoms with E-state index in [4.69, 9.17) is 0 Å². The van der Waals surface area contributed by atoms with E-state index >= 15 is 0 Å². The van der Waals surface area contributed by atoms with Gasteiger partial charge in [-0.2, -0.15) is 0 Å². The second-order valence-electron chi connectivity index (χ2n) is 5.00. The van der Waals surface area contributed by atoms with E-state index in [1.165, 1.54) is 0 Å². The molecule has 1 aromatic rings. The van der Waals surface area contributed by atoms with E-state index in [2.05, 4.69) is 20.8 Å². The van der Waals surface area contributed by atoms with Crippen molar-refractivity contribution in [2.45, 2.75) is 12.8 Å². The molecular formula is C14H18BrNO3S. The molecule has 0 aliphatic carbocycles. The summed E-state index contributed by atoms with van der Waals surface area (Å²) in [6, 6.07) is 7.38. The molecule has 0 saturated carbocycles. The van der Waals surface area contributed by atoms with E-state index in [1.54, 1.807) is 6.07 Å². The molecule has 0 unspecified atom stereocenters. The zero-order valence-corrected chi connectivity index (χ0v) is 13.6. The largest absolute Gasteiger partial charge is 0.302 e. The Balaban J connectivity index is 1.89. The topological polar surface area (TPSA) is 54.5 Å². The van der Waals surface area contributed by atoms with Gasteiger partial charge in [-0.3, -0.25) is 4.79 Å². The van der Waals surface area contributed by atoms with E-state index in [9.17, 15) is 13.2 Å². The smallest absolute Gasteiger partial charge is 0.165 e. The minimum absolute atomic E-state index is 0.0876. The van der Waals surface area contributed by atoms with Gasteiger partial charge in [0.05, 0.1) is 11.5 Å². The van der Waals surface area contributed by atoms with Crippen LogP contribution in [-0.2, 0) is 9.84 Å². The maximum Gasteiger partial charge on any atom is 0.165 e. The second-order valence-corrected chi connectivity index (χ2v) is 8.16. The molecule has 0 atom stereocenters. The van der Waals surface area contributed by atoms with Gasteiger partial charge in [-0.05, 0) is 19.0 Å². The summed E-state index contributed by atoms with van der Waals surface area (Å²) in [7, 11) is -2.88. The lowest BCUT2D eigenvalue weighted by atomic mass is 10.1. The van der Waals surface area contributed by atoms with Gasteiger partial charge in [0.2, 0.25) is 0 Å². The van der Waals surface area contributed by atoms with Gasteiger partial charge in [-0.15, -0.1) is 0 Å². The number of hydrogen-bond acceptors (Lipinski definition) is 4. The Morgan fingerprint density at radius 1 is 1.20 bits per heavy atom. The molecule has 4 nitrogen and oxygen atoms in total. The highest BCUT2D eigenvalue weighted by Crippen LogP contribution is 2.18. The predicted octanol–water partition coefficient (Wildman–Crippen LogP) is 2.14. The zero-order chi connectivity index (χ0) is 14.6. The molecule has 1 saturated heterocycles. The predicted molar refractivity (Wildman–Crippen MR) is 82.8 cm³/mol. The summed E-state index contributed by atoms with van der Waals surface area (Å²) in [4.78, 5) is 14.2. The van der Waals surface area contributed by atoms with Crippen LogP contribution in [0.3, 0.4) is 0 Å². The molecule has 0 spiro atoms. The first-order chi connectivity index (χ1) is 9.48. The summed E-state index contributed by atoms with van der Waals surface area (Å²) < 4.78 is 23.8. The molecule has 0 radical (unpaired) electrons. The third-order valence-corrected chi connectivity index (χ3v) is 5.88. The number of ketones is 1. The van der Waals surface area contributed by atoms with Crippen LogP contribution in [0.5, 0.6) is 0 Å². The lowest BCUT2D eigenvalue weighted by molar-refractivity contribution is 0.0965. The average molecular weight is 360 g/mol. The lowest BCUT2D eigenvalue weighted by Crippen LogP contribution is -2.29. The standard InChI is InChI=1S/C14H18BrNO3S/c15-13-5-2-1-4-12(13)14(17)6-8-16-7-3-10-20(18,19)11-9-16/h1-2,4-5H,3,6-11H2. The molecule has 110 valence electrons. The van der Waals surface area contributed by atoms with Gasteiger partial charge in [0.25, 0.3) is 0 Å². The van der Waals surface area contributed by atoms with Crippen molar-refractivity contribution < 1.29 is 13.2 Å². The molecule has 0 N–H and O–H groups in total. The van der Waals surface area contributed by atoms with Gasteiger partial charge < -0.3 is 4.90 Å². The Hall–Kier alpha value is -0.720. The van der Waals surface area contributed by atoms with E-state index in [1.807, 2.05) is 18.2 Å². The molecule has 1 aromatic carbocycles. The molecule has 1 fully saturated rings. The van der Waals surface area contributed by atoms with Crippen molar-refractivity contribution in [3.8, 4) is 0 Å². The molecule has 6 heteroatoms. The number of rotatable bonds is 4. The van der Waals surface area contributed by atoms with Crippen molar-refractivity contribution in [1.29, 1.82) is 0 Å². The fraction of sp³-hybridized carbons (Fsp3) is 0.500. The van der Waals surface area contributed by atoms with Crippen molar-refractivity contribution in [2.75, 3.05) is 31.1 Å². The third kappa shape index (κ3) is 4.40. The van der Waals surface area contributed by atoms with Crippen LogP contribution in [0, 0.1) is 0 Å². The lowest BCUT2D eigenvalue weighted by Gasteiger charge is -2.18. The Kier molecular flexibility index (Phi) is 5.35. The Bertz CT molecular complexity index is 586. The number of carbonyl (C=O) groups is 1. The second kappa shape index (κ2) is 6.83. The monoisotopic (exact) mass is 359 g/mol. The molecule has 1 aliphatic heterocycles. The van der Waals surface area contributed by atoms with E-state index in [0.717, 1.165) is 11.0 Å². The number of halogens is 1. The highest BCUT2D eigenvalue weighted by molar-refractivity contribution is 9.10. The highest BCUT2D eigenvalue weighted by Gasteiger charge is 2.19. The van der Waals surface area contributed by atoms with E-state index in [0.29, 0.717) is 31.5 Å². The number of sulfone groups is 1. The molecule has 1 aliphatic rings. The van der Waals surface area contributed by atoms with Crippen molar-refractivity contribution in [2.24, 2.45) is 0 Å². The van der Waals surface area contributed by atoms with Crippen LogP contribution in [0.2, 0.25) is 0 Å². The molecule has 20 heavy (non-hydrogen) atoms. The maximum atomic E-state index is 12.1. The minimum atomic E-state index is -2.88. The van der Waals surface area contributed by atoms with Crippen LogP contribution in [0.1, 0.15) is 23.2 Å². The Morgan fingerprint density at radius 3 is 2.70 bits per heavy atom. The first kappa shape index (κ1) is 15.7. The summed E-state index contributed by atoms with van der Waals surface area (Å²) in [6.45, 7) is 1.91. The van der Waals surface area contributed by atoms with Crippen molar-refractivity contribution in [3.05, 3.63) is 34.3 Å². The van der Waals surface area contributed by atoms with Gasteiger partial charge in [0, 0.05) is 29.5 Å². The van der Waals surface area contributed by atoms with Gasteiger partial charge >= 0.3 is 0 Å². The summed E-state index contributed by atoms with van der Waals surface area (Å²) in [5.74, 6) is 0.558. The summed E-state index contributed by atoms with van der Waals surface area (Å²) in [5.41, 5.74) is 0.690. The normalized spacial score (nSPS) is 19.4. The fourth-order valence-electron chi connectivity index (χ4n) is 2.30. The number of hydrogen-bond donors (Lipinski definition) is 0. The van der Waals surface area contributed by atoms with Gasteiger partial charge in [0.15, 0.2) is 15.6 Å². The summed E-state index contributed by atoms with van der Waals surface area (Å²) in [6.07, 6.45) is 1.08. The summed E-state index contributed by atoms with van der Waals surface area (Å²) in [5, 5.41) is 0. The molecular weight excluding hydrogens is 342 g/mol. The van der Waals surface area contributed by atoms with Crippen LogP contribution in [-0.4, -0.2) is 50.2 Å². The zero-order valence-electron chi connectivity index (χ0n) is 11.2. The first-order valence-corrected chi connectivity index (χ1v) is 9.30. The van der Waals surface area contributed by atoms with Gasteiger partial charge in [-0.1, -0.05) is 34.1 Å². The number of carbonyl (C=O) groups excluding carboxylic acids is 1. The number of Topliss-reactive ketones (excluding diaryl/α,β-unsaturated/α-hetero) is 1.